The lowest BCUT2D eigenvalue weighted by Gasteiger charge is -2.16. The van der Waals surface area contributed by atoms with Crippen molar-refractivity contribution >= 4 is 11.9 Å². The summed E-state index contributed by atoms with van der Waals surface area (Å²) in [6.45, 7) is 3.28. The first-order chi connectivity index (χ1) is 6.43. The highest BCUT2D eigenvalue weighted by Gasteiger charge is 2.41. The highest BCUT2D eigenvalue weighted by molar-refractivity contribution is 5.86. The maximum absolute atomic E-state index is 11.3. The van der Waals surface area contributed by atoms with Crippen LogP contribution in [0.4, 0.5) is 0 Å². The lowest BCUT2D eigenvalue weighted by Crippen LogP contribution is -2.48. The van der Waals surface area contributed by atoms with Crippen LogP contribution in [0.15, 0.2) is 0 Å². The van der Waals surface area contributed by atoms with Crippen molar-refractivity contribution in [3.8, 4) is 0 Å². The summed E-state index contributed by atoms with van der Waals surface area (Å²) in [6, 6.07) is -1.20. The van der Waals surface area contributed by atoms with Crippen molar-refractivity contribution in [2.45, 2.75) is 32.4 Å². The van der Waals surface area contributed by atoms with E-state index >= 15 is 0 Å². The summed E-state index contributed by atoms with van der Waals surface area (Å²) in [5.41, 5.74) is 0. The summed E-state index contributed by atoms with van der Waals surface area (Å²) in [4.78, 5) is 22.0. The van der Waals surface area contributed by atoms with Crippen molar-refractivity contribution in [2.75, 3.05) is 0 Å². The average molecular weight is 201 g/mol. The summed E-state index contributed by atoms with van der Waals surface area (Å²) in [5.74, 6) is -1.22. The van der Waals surface area contributed by atoms with Crippen LogP contribution in [0.3, 0.4) is 0 Å². The third kappa shape index (κ3) is 2.45. The van der Waals surface area contributed by atoms with E-state index in [-0.39, 0.29) is 11.8 Å². The molecular formula is C9H15NO4. The second-order valence-corrected chi connectivity index (χ2v) is 3.88. The summed E-state index contributed by atoms with van der Waals surface area (Å²) >= 11 is 0. The van der Waals surface area contributed by atoms with E-state index in [0.29, 0.717) is 5.92 Å². The number of rotatable bonds is 4. The molecule has 0 saturated heterocycles. The number of aliphatic hydroxyl groups excluding tert-OH is 1. The number of hydrogen-bond acceptors (Lipinski definition) is 3. The van der Waals surface area contributed by atoms with Gasteiger partial charge in [-0.25, -0.2) is 4.79 Å². The molecule has 1 aliphatic rings. The second kappa shape index (κ2) is 3.96. The van der Waals surface area contributed by atoms with Crippen LogP contribution in [0.1, 0.15) is 20.3 Å². The van der Waals surface area contributed by atoms with Gasteiger partial charge in [-0.15, -0.1) is 0 Å². The van der Waals surface area contributed by atoms with Gasteiger partial charge in [0.1, 0.15) is 0 Å². The second-order valence-electron chi connectivity index (χ2n) is 3.88. The van der Waals surface area contributed by atoms with Gasteiger partial charge in [-0.2, -0.15) is 0 Å². The Labute approximate surface area is 82.1 Å². The molecule has 1 fully saturated rings. The van der Waals surface area contributed by atoms with Crippen molar-refractivity contribution < 1.29 is 19.8 Å². The van der Waals surface area contributed by atoms with Crippen LogP contribution in [0.25, 0.3) is 0 Å². The largest absolute Gasteiger partial charge is 0.480 e. The molecule has 3 N–H and O–H groups in total. The number of aliphatic hydroxyl groups is 1. The van der Waals surface area contributed by atoms with Gasteiger partial charge in [0, 0.05) is 5.92 Å². The normalized spacial score (nSPS) is 29.1. The van der Waals surface area contributed by atoms with Crippen LogP contribution in [-0.4, -0.2) is 34.2 Å². The van der Waals surface area contributed by atoms with Gasteiger partial charge < -0.3 is 15.5 Å². The summed E-state index contributed by atoms with van der Waals surface area (Å²) in [7, 11) is 0. The Hall–Kier alpha value is -1.10. The van der Waals surface area contributed by atoms with Gasteiger partial charge in [0.15, 0.2) is 6.04 Å². The molecule has 1 saturated carbocycles. The minimum absolute atomic E-state index is 0.0735. The van der Waals surface area contributed by atoms with E-state index in [2.05, 4.69) is 5.32 Å². The van der Waals surface area contributed by atoms with Crippen LogP contribution in [0.5, 0.6) is 0 Å². The third-order valence-corrected chi connectivity index (χ3v) is 2.49. The molecule has 1 aliphatic carbocycles. The van der Waals surface area contributed by atoms with Crippen LogP contribution >= 0.6 is 0 Å². The SMILES string of the molecule is C[C@@H](O)[C@@H](NC(=O)[C@@H]1C[C@@H]1C)C(=O)O. The Balaban J connectivity index is 2.47. The number of amides is 1. The number of carbonyl (C=O) groups is 2. The van der Waals surface area contributed by atoms with E-state index in [1.807, 2.05) is 6.92 Å². The molecule has 0 aliphatic heterocycles. The minimum Gasteiger partial charge on any atom is -0.480 e. The molecule has 80 valence electrons. The number of carbonyl (C=O) groups excluding carboxylic acids is 1. The Bertz CT molecular complexity index is 251. The fourth-order valence-electron chi connectivity index (χ4n) is 1.34. The van der Waals surface area contributed by atoms with Crippen molar-refractivity contribution in [2.24, 2.45) is 11.8 Å². The van der Waals surface area contributed by atoms with Gasteiger partial charge in [-0.1, -0.05) is 6.92 Å². The van der Waals surface area contributed by atoms with Gasteiger partial charge in [0.25, 0.3) is 0 Å². The molecular weight excluding hydrogens is 186 g/mol. The fourth-order valence-corrected chi connectivity index (χ4v) is 1.34. The predicted molar refractivity (Wildman–Crippen MR) is 48.5 cm³/mol. The molecule has 0 heterocycles. The predicted octanol–water partition coefficient (Wildman–Crippen LogP) is -0.407. The smallest absolute Gasteiger partial charge is 0.328 e. The lowest BCUT2D eigenvalue weighted by molar-refractivity contribution is -0.145. The number of nitrogens with one attached hydrogen (secondary N) is 1. The van der Waals surface area contributed by atoms with Crippen LogP contribution in [-0.2, 0) is 9.59 Å². The molecule has 1 rings (SSSR count). The maximum Gasteiger partial charge on any atom is 0.328 e. The molecule has 5 heteroatoms. The van der Waals surface area contributed by atoms with Gasteiger partial charge in [-0.05, 0) is 19.3 Å². The molecule has 0 unspecified atom stereocenters. The molecule has 14 heavy (non-hydrogen) atoms. The van der Waals surface area contributed by atoms with E-state index in [4.69, 9.17) is 10.2 Å². The van der Waals surface area contributed by atoms with E-state index < -0.39 is 18.1 Å². The topological polar surface area (TPSA) is 86.6 Å². The zero-order chi connectivity index (χ0) is 10.9. The zero-order valence-corrected chi connectivity index (χ0v) is 8.23. The number of carboxylic acids is 1. The van der Waals surface area contributed by atoms with Crippen LogP contribution < -0.4 is 5.32 Å². The van der Waals surface area contributed by atoms with Gasteiger partial charge in [-0.3, -0.25) is 4.79 Å². The minimum atomic E-state index is -1.21. The zero-order valence-electron chi connectivity index (χ0n) is 8.23. The van der Waals surface area contributed by atoms with E-state index in [0.717, 1.165) is 6.42 Å². The lowest BCUT2D eigenvalue weighted by atomic mass is 10.1. The van der Waals surface area contributed by atoms with E-state index in [1.165, 1.54) is 6.92 Å². The van der Waals surface area contributed by atoms with Gasteiger partial charge in [0.2, 0.25) is 5.91 Å². The quantitative estimate of drug-likeness (QED) is 0.577. The standard InChI is InChI=1S/C9H15NO4/c1-4-3-6(4)8(12)10-7(5(2)11)9(13)14/h4-7,11H,3H2,1-2H3,(H,10,12)(H,13,14)/t4-,5+,6+,7+/m0/s1. The first kappa shape index (κ1) is 11.0. The molecule has 0 spiro atoms. The molecule has 5 nitrogen and oxygen atoms in total. The summed E-state index contributed by atoms with van der Waals surface area (Å²) in [6.07, 6.45) is -0.275. The molecule has 0 bridgehead atoms. The van der Waals surface area contributed by atoms with Crippen molar-refractivity contribution in [1.82, 2.24) is 5.32 Å². The number of aliphatic carboxylic acids is 1. The Morgan fingerprint density at radius 3 is 2.29 bits per heavy atom. The maximum atomic E-state index is 11.3. The van der Waals surface area contributed by atoms with E-state index in [1.54, 1.807) is 0 Å². The van der Waals surface area contributed by atoms with Crippen molar-refractivity contribution in [1.29, 1.82) is 0 Å². The molecule has 0 radical (unpaired) electrons. The highest BCUT2D eigenvalue weighted by Crippen LogP contribution is 2.37. The third-order valence-electron chi connectivity index (χ3n) is 2.49. The highest BCUT2D eigenvalue weighted by atomic mass is 16.4. The number of hydrogen-bond donors (Lipinski definition) is 3. The first-order valence-corrected chi connectivity index (χ1v) is 4.64. The summed E-state index contributed by atoms with van der Waals surface area (Å²) < 4.78 is 0. The van der Waals surface area contributed by atoms with Crippen molar-refractivity contribution in [3.63, 3.8) is 0 Å². The Morgan fingerprint density at radius 2 is 2.00 bits per heavy atom. The van der Waals surface area contributed by atoms with Gasteiger partial charge in [0.05, 0.1) is 6.10 Å². The summed E-state index contributed by atoms with van der Waals surface area (Å²) in [5, 5.41) is 20.1. The monoisotopic (exact) mass is 201 g/mol. The average Bonchev–Trinajstić information content (AvgIpc) is 2.76. The van der Waals surface area contributed by atoms with E-state index in [9.17, 15) is 9.59 Å². The van der Waals surface area contributed by atoms with Crippen LogP contribution in [0, 0.1) is 11.8 Å². The molecule has 0 aromatic heterocycles. The van der Waals surface area contributed by atoms with Crippen LogP contribution in [0.2, 0.25) is 0 Å². The number of carboxylic acid groups (broad SMARTS) is 1. The Morgan fingerprint density at radius 1 is 1.50 bits per heavy atom. The molecule has 0 aromatic carbocycles. The van der Waals surface area contributed by atoms with Crippen molar-refractivity contribution in [3.05, 3.63) is 0 Å². The Kier molecular flexibility index (Phi) is 3.10. The molecule has 0 aromatic rings. The fraction of sp³-hybridized carbons (Fsp3) is 0.778. The molecule has 4 atom stereocenters. The first-order valence-electron chi connectivity index (χ1n) is 4.64. The molecule has 1 amide bonds. The van der Waals surface area contributed by atoms with Gasteiger partial charge >= 0.3 is 5.97 Å².